The highest BCUT2D eigenvalue weighted by Crippen LogP contribution is 2.45. The zero-order valence-corrected chi connectivity index (χ0v) is 70.7. The number of methoxy groups -OCH3 is 2. The first-order chi connectivity index (χ1) is 54.9. The minimum Gasteiger partial charge on any atom is -0.497 e. The summed E-state index contributed by atoms with van der Waals surface area (Å²) < 4.78 is 58.1. The maximum Gasteiger partial charge on any atom is 0.330 e. The summed E-state index contributed by atoms with van der Waals surface area (Å²) in [6.45, 7) is 9.40. The molecule has 16 nitrogen and oxygen atoms in total. The third kappa shape index (κ3) is 36.5. The normalized spacial score (nSPS) is 14.9. The van der Waals surface area contributed by atoms with Crippen molar-refractivity contribution in [2.24, 2.45) is 0 Å². The fourth-order valence-corrected chi connectivity index (χ4v) is 15.5. The predicted octanol–water partition coefficient (Wildman–Crippen LogP) is 24.8. The van der Waals surface area contributed by atoms with Gasteiger partial charge in [-0.25, -0.2) is 4.79 Å². The molecule has 16 heteroatoms. The van der Waals surface area contributed by atoms with Crippen LogP contribution in [0.5, 0.6) is 28.7 Å². The molecule has 1 saturated heterocycles. The number of hydrogen-bond acceptors (Lipinski definition) is 14. The van der Waals surface area contributed by atoms with Crippen molar-refractivity contribution in [2.45, 2.75) is 385 Å². The first-order valence-electron chi connectivity index (χ1n) is 45.0. The molecule has 0 saturated carbocycles. The summed E-state index contributed by atoms with van der Waals surface area (Å²) >= 11 is 0. The van der Waals surface area contributed by atoms with Crippen LogP contribution in [0.3, 0.4) is 0 Å². The van der Waals surface area contributed by atoms with Gasteiger partial charge in [-0.15, -0.1) is 0 Å². The molecule has 628 valence electrons. The van der Waals surface area contributed by atoms with Crippen molar-refractivity contribution in [3.05, 3.63) is 146 Å². The Balaban J connectivity index is 1.12. The van der Waals surface area contributed by atoms with E-state index in [1.54, 1.807) is 21.1 Å². The summed E-state index contributed by atoms with van der Waals surface area (Å²) in [5.74, 6) is -1.05. The number of carbonyl (C=O) groups excluding carboxylic acids is 2. The average Bonchev–Trinajstić information content (AvgIpc) is 0.823. The van der Waals surface area contributed by atoms with Crippen molar-refractivity contribution in [2.75, 3.05) is 40.6 Å². The number of esters is 2. The molecule has 1 aromatic heterocycles. The molecule has 0 radical (unpaired) electrons. The number of aromatic nitrogens is 2. The summed E-state index contributed by atoms with van der Waals surface area (Å²) in [5.41, 5.74) is 0.243. The van der Waals surface area contributed by atoms with Crippen LogP contribution in [0.15, 0.2) is 107 Å². The Kier molecular flexibility index (Phi) is 49.0. The lowest BCUT2D eigenvalue weighted by molar-refractivity contribution is -0.238. The van der Waals surface area contributed by atoms with Gasteiger partial charge < -0.3 is 47.7 Å². The van der Waals surface area contributed by atoms with Gasteiger partial charge in [0.25, 0.3) is 5.56 Å². The van der Waals surface area contributed by atoms with Gasteiger partial charge in [0.1, 0.15) is 36.0 Å². The molecule has 0 spiro atoms. The van der Waals surface area contributed by atoms with Crippen LogP contribution < -0.4 is 34.9 Å². The molecule has 4 aromatic carbocycles. The van der Waals surface area contributed by atoms with E-state index in [1.807, 2.05) is 91.0 Å². The third-order valence-corrected chi connectivity index (χ3v) is 22.4. The predicted molar refractivity (Wildman–Crippen MR) is 454 cm³/mol. The van der Waals surface area contributed by atoms with Crippen LogP contribution in [0.25, 0.3) is 0 Å². The Hall–Kier alpha value is -6.62. The lowest BCUT2D eigenvalue weighted by atomic mass is 9.80. The van der Waals surface area contributed by atoms with E-state index < -0.39 is 66.4 Å². The van der Waals surface area contributed by atoms with E-state index in [0.29, 0.717) is 65.3 Å². The first-order valence-corrected chi connectivity index (χ1v) is 45.0. The van der Waals surface area contributed by atoms with E-state index in [1.165, 1.54) is 263 Å². The number of benzene rings is 4. The molecule has 2 heterocycles. The minimum absolute atomic E-state index is 0.129. The molecule has 0 unspecified atom stereocenters. The minimum atomic E-state index is -2.42. The van der Waals surface area contributed by atoms with Crippen LogP contribution in [-0.2, 0) is 40.7 Å². The van der Waals surface area contributed by atoms with E-state index in [4.69, 9.17) is 42.6 Å². The van der Waals surface area contributed by atoms with E-state index in [9.17, 15) is 24.3 Å². The second-order valence-electron chi connectivity index (χ2n) is 31.9. The largest absolute Gasteiger partial charge is 0.497 e. The fraction of sp³-hybridized carbons (Fsp3) is 0.688. The van der Waals surface area contributed by atoms with E-state index >= 15 is 0 Å². The van der Waals surface area contributed by atoms with Crippen molar-refractivity contribution in [1.82, 2.24) is 9.55 Å². The maximum absolute atomic E-state index is 14.2. The zero-order chi connectivity index (χ0) is 79.8. The number of nitrogens with zero attached hydrogens (tertiary/aromatic N) is 1. The molecule has 0 bridgehead atoms. The van der Waals surface area contributed by atoms with Crippen LogP contribution in [0.4, 0.5) is 0 Å². The topological polar surface area (TPSA) is 192 Å². The van der Waals surface area contributed by atoms with Crippen LogP contribution in [-0.4, -0.2) is 79.1 Å². The first kappa shape index (κ1) is 94.2. The van der Waals surface area contributed by atoms with E-state index in [0.717, 1.165) is 61.5 Å². The summed E-state index contributed by atoms with van der Waals surface area (Å²) in [7, 11) is 3.18. The number of aliphatic hydroxyl groups is 1. The van der Waals surface area contributed by atoms with Gasteiger partial charge in [0.15, 0.2) is 11.5 Å². The second kappa shape index (κ2) is 58.3. The van der Waals surface area contributed by atoms with Gasteiger partial charge >= 0.3 is 17.6 Å². The molecule has 6 rings (SSSR count). The molecule has 0 aliphatic carbocycles. The molecule has 112 heavy (non-hydrogen) atoms. The number of nitrogens with one attached hydrogen (secondary N) is 1. The molecule has 2 N–H and O–H groups in total. The number of aryl methyl sites for hydroxylation is 1. The maximum atomic E-state index is 14.2. The smallest absolute Gasteiger partial charge is 0.330 e. The van der Waals surface area contributed by atoms with Crippen molar-refractivity contribution >= 4 is 11.9 Å². The summed E-state index contributed by atoms with van der Waals surface area (Å²) in [6, 6.07) is 28.2. The fourth-order valence-electron chi connectivity index (χ4n) is 15.5. The molecular weight excluding hydrogens is 1410 g/mol. The Morgan fingerprint density at radius 1 is 0.473 bits per heavy atom. The van der Waals surface area contributed by atoms with E-state index in [2.05, 4.69) is 25.8 Å². The molecule has 0 amide bonds. The summed E-state index contributed by atoms with van der Waals surface area (Å²) in [6.07, 6.45) is 59.1. The number of unbranched alkanes of at least 4 members (excludes halogenated alkanes) is 45. The lowest BCUT2D eigenvalue weighted by Crippen LogP contribution is -2.47. The van der Waals surface area contributed by atoms with Crippen molar-refractivity contribution in [3.8, 4) is 28.7 Å². The standard InChI is InChI=1S/C96H150N2O14/c1-7-10-13-16-19-22-25-28-31-34-37-40-43-46-49-55-70-106-86-73-80(74-87(107-71-56-50-47-44-41-38-35-32-29-26-23-20-17-14-11-8-2)92(86)108-72-57-51-48-45-42-39-36-33-30-27-24-21-18-15-12-9-3)77-109-90(99)68-69-91(100)112-95(103)75-89(98-76-79(4)93(101)97-94(98)102)111-88(95)78-110-96(81-58-53-52-54-59-81,82-60-64-84(104-5)65-61-82)83-62-66-85(105-6)67-63-83/h52-54,58-67,73-74,76,88-89,103H,7-51,55-57,68-72,75,77-78H2,1-6H3,(H,97,101,102)/t88-,89-,95-/m1/s1. The molecule has 3 atom stereocenters. The van der Waals surface area contributed by atoms with Crippen molar-refractivity contribution < 1.29 is 57.3 Å². The highest BCUT2D eigenvalue weighted by Gasteiger charge is 2.53. The van der Waals surface area contributed by atoms with Crippen LogP contribution in [0, 0.1) is 6.92 Å². The van der Waals surface area contributed by atoms with Crippen molar-refractivity contribution in [1.29, 1.82) is 0 Å². The Morgan fingerprint density at radius 2 is 0.821 bits per heavy atom. The Labute approximate surface area is 676 Å². The van der Waals surface area contributed by atoms with Crippen LogP contribution in [0.2, 0.25) is 0 Å². The lowest BCUT2D eigenvalue weighted by Gasteiger charge is -2.38. The molecule has 5 aromatic rings. The van der Waals surface area contributed by atoms with Gasteiger partial charge in [-0.3, -0.25) is 23.9 Å². The van der Waals surface area contributed by atoms with Gasteiger partial charge in [0.05, 0.1) is 59.9 Å². The average molecular weight is 1560 g/mol. The molecule has 1 aliphatic rings. The van der Waals surface area contributed by atoms with Crippen molar-refractivity contribution in [3.63, 3.8) is 0 Å². The SMILES string of the molecule is CCCCCCCCCCCCCCCCCCOc1cc(COC(=O)CCC(=O)O[C@]2(O)C[C@H](n3cc(C)c(=O)[nH]c3=O)O[C@@H]2COC(c2ccccc2)(c2ccc(OC)cc2)c2ccc(OC)cc2)cc(OCCCCCCCCCCCCCCCCCC)c1OCCCCCCCCCCCCCCCCCC. The summed E-state index contributed by atoms with van der Waals surface area (Å²) in [5, 5.41) is 12.7. The zero-order valence-electron chi connectivity index (χ0n) is 70.7. The van der Waals surface area contributed by atoms with Crippen LogP contribution in [0.1, 0.15) is 382 Å². The molecule has 1 aliphatic heterocycles. The van der Waals surface area contributed by atoms with Gasteiger partial charge in [0, 0.05) is 11.8 Å². The van der Waals surface area contributed by atoms with Gasteiger partial charge in [0.2, 0.25) is 11.5 Å². The second-order valence-corrected chi connectivity index (χ2v) is 31.9. The molecular formula is C96H150N2O14. The summed E-state index contributed by atoms with van der Waals surface area (Å²) in [4.78, 5) is 56.6. The monoisotopic (exact) mass is 1560 g/mol. The third-order valence-electron chi connectivity index (χ3n) is 22.4. The van der Waals surface area contributed by atoms with Crippen LogP contribution >= 0.6 is 0 Å². The quantitative estimate of drug-likeness (QED) is 0.0162. The Morgan fingerprint density at radius 3 is 1.20 bits per heavy atom. The highest BCUT2D eigenvalue weighted by molar-refractivity contribution is 5.78. The number of carbonyl (C=O) groups is 2. The van der Waals surface area contributed by atoms with E-state index in [-0.39, 0.29) is 18.6 Å². The highest BCUT2D eigenvalue weighted by atomic mass is 16.7. The number of hydrogen-bond donors (Lipinski definition) is 2. The van der Waals surface area contributed by atoms with Gasteiger partial charge in [-0.05, 0) is 84.8 Å². The Bertz CT molecular complexity index is 3250. The number of ether oxygens (including phenoxy) is 9. The van der Waals surface area contributed by atoms with Gasteiger partial charge in [-0.2, -0.15) is 0 Å². The van der Waals surface area contributed by atoms with Gasteiger partial charge in [-0.1, -0.05) is 364 Å². The number of rotatable bonds is 69. The number of H-pyrrole nitrogens is 1. The molecule has 1 fully saturated rings. The number of aromatic amines is 1.